The second-order valence-corrected chi connectivity index (χ2v) is 9.33. The molecule has 0 aliphatic heterocycles. The lowest BCUT2D eigenvalue weighted by Crippen LogP contribution is -2.23. The van der Waals surface area contributed by atoms with Gasteiger partial charge < -0.3 is 10.1 Å². The van der Waals surface area contributed by atoms with E-state index in [-0.39, 0.29) is 12.3 Å². The summed E-state index contributed by atoms with van der Waals surface area (Å²) in [4.78, 5) is 11.0. The maximum atomic E-state index is 12.3. The Bertz CT molecular complexity index is 1040. The highest BCUT2D eigenvalue weighted by molar-refractivity contribution is 6.30. The van der Waals surface area contributed by atoms with Gasteiger partial charge in [-0.15, -0.1) is 0 Å². The average molecular weight is 538 g/mol. The van der Waals surface area contributed by atoms with Crippen molar-refractivity contribution in [1.82, 2.24) is 5.32 Å². The average Bonchev–Trinajstić information content (AvgIpc) is 2.86. The fraction of sp³-hybridized carbons (Fsp3) is 0.321. The summed E-state index contributed by atoms with van der Waals surface area (Å²) < 4.78 is 42.6. The van der Waals surface area contributed by atoms with E-state index in [9.17, 15) is 18.0 Å². The van der Waals surface area contributed by atoms with Crippen molar-refractivity contribution in [2.24, 2.45) is 0 Å². The van der Waals surface area contributed by atoms with Gasteiger partial charge in [0.25, 0.3) is 0 Å². The molecule has 3 aromatic rings. The molecular weight excluding hydrogens is 510 g/mol. The van der Waals surface area contributed by atoms with Crippen molar-refractivity contribution in [3.63, 3.8) is 0 Å². The molecule has 0 aliphatic rings. The number of carbonyl (C=O) groups is 1. The minimum atomic E-state index is -4.78. The van der Waals surface area contributed by atoms with E-state index in [0.717, 1.165) is 19.4 Å². The van der Waals surface area contributed by atoms with E-state index in [1.165, 1.54) is 11.1 Å². The van der Waals surface area contributed by atoms with Crippen LogP contribution in [0.15, 0.2) is 72.8 Å². The zero-order chi connectivity index (χ0) is 26.0. The van der Waals surface area contributed by atoms with Crippen molar-refractivity contribution in [2.45, 2.75) is 37.8 Å². The van der Waals surface area contributed by atoms with Crippen molar-refractivity contribution in [2.75, 3.05) is 19.7 Å². The molecule has 1 N–H and O–H groups in total. The van der Waals surface area contributed by atoms with Gasteiger partial charge in [0.2, 0.25) is 5.78 Å². The number of ether oxygens (including phenoxy) is 1. The van der Waals surface area contributed by atoms with Crippen molar-refractivity contribution in [3.05, 3.63) is 99.5 Å². The molecule has 8 heteroatoms. The first-order valence-electron chi connectivity index (χ1n) is 11.8. The van der Waals surface area contributed by atoms with Crippen LogP contribution >= 0.6 is 23.2 Å². The molecule has 0 fully saturated rings. The Balaban J connectivity index is 1.38. The lowest BCUT2D eigenvalue weighted by atomic mass is 9.87. The van der Waals surface area contributed by atoms with Gasteiger partial charge in [-0.25, -0.2) is 0 Å². The summed E-state index contributed by atoms with van der Waals surface area (Å²) in [5.41, 5.74) is 3.07. The largest absolute Gasteiger partial charge is 0.492 e. The minimum Gasteiger partial charge on any atom is -0.492 e. The van der Waals surface area contributed by atoms with Gasteiger partial charge in [-0.05, 0) is 78.9 Å². The summed E-state index contributed by atoms with van der Waals surface area (Å²) in [5.74, 6) is -0.836. The maximum Gasteiger partial charge on any atom is 0.449 e. The first kappa shape index (κ1) is 28.0. The molecule has 0 spiro atoms. The molecule has 0 atom stereocenters. The second-order valence-electron chi connectivity index (χ2n) is 8.46. The monoisotopic (exact) mass is 537 g/mol. The van der Waals surface area contributed by atoms with Crippen molar-refractivity contribution in [3.8, 4) is 5.75 Å². The molecule has 3 rings (SSSR count). The third kappa shape index (κ3) is 9.16. The van der Waals surface area contributed by atoms with Gasteiger partial charge in [-0.3, -0.25) is 4.79 Å². The number of hydrogen-bond donors (Lipinski definition) is 1. The molecule has 192 valence electrons. The highest BCUT2D eigenvalue weighted by Gasteiger charge is 2.37. The van der Waals surface area contributed by atoms with Gasteiger partial charge >= 0.3 is 6.18 Å². The number of halogens is 5. The molecule has 3 nitrogen and oxygen atoms in total. The van der Waals surface area contributed by atoms with Crippen LogP contribution in [0.1, 0.15) is 41.9 Å². The first-order chi connectivity index (χ1) is 17.2. The number of rotatable bonds is 13. The number of alkyl halides is 3. The van der Waals surface area contributed by atoms with E-state index in [2.05, 4.69) is 29.6 Å². The quantitative estimate of drug-likeness (QED) is 0.227. The molecule has 0 bridgehead atoms. The number of hydrogen-bond acceptors (Lipinski definition) is 3. The lowest BCUT2D eigenvalue weighted by Gasteiger charge is -2.19. The van der Waals surface area contributed by atoms with Crippen LogP contribution in [0.4, 0.5) is 13.2 Å². The lowest BCUT2D eigenvalue weighted by molar-refractivity contribution is -0.171. The third-order valence-electron chi connectivity index (χ3n) is 5.82. The van der Waals surface area contributed by atoms with Gasteiger partial charge in [0, 0.05) is 28.9 Å². The van der Waals surface area contributed by atoms with Crippen molar-refractivity contribution >= 4 is 29.0 Å². The first-order valence-corrected chi connectivity index (χ1v) is 12.5. The highest BCUT2D eigenvalue weighted by atomic mass is 35.5. The Hall–Kier alpha value is -2.54. The zero-order valence-corrected chi connectivity index (χ0v) is 21.2. The Labute approximate surface area is 219 Å². The van der Waals surface area contributed by atoms with Gasteiger partial charge in [0.1, 0.15) is 12.4 Å². The number of Topliss-reactive ketones (excluding diaryl/α,β-unsaturated/α-hetero) is 1. The number of aryl methyl sites for hydroxylation is 1. The Morgan fingerprint density at radius 1 is 0.833 bits per heavy atom. The molecule has 3 aromatic carbocycles. The molecule has 0 amide bonds. The molecule has 0 heterocycles. The Kier molecular flexibility index (Phi) is 10.7. The van der Waals surface area contributed by atoms with Gasteiger partial charge in [0.15, 0.2) is 0 Å². The van der Waals surface area contributed by atoms with Gasteiger partial charge in [0.05, 0.1) is 0 Å². The SMILES string of the molecule is O=C(CCc1ccc(OCCNCCCC(c2ccc(Cl)cc2)c2ccc(Cl)cc2)cc1)C(F)(F)F. The molecule has 0 saturated carbocycles. The molecule has 0 aromatic heterocycles. The summed E-state index contributed by atoms with van der Waals surface area (Å²) in [6, 6.07) is 22.6. The van der Waals surface area contributed by atoms with Gasteiger partial charge in [-0.2, -0.15) is 13.2 Å². The second kappa shape index (κ2) is 13.7. The van der Waals surface area contributed by atoms with E-state index in [4.69, 9.17) is 27.9 Å². The summed E-state index contributed by atoms with van der Waals surface area (Å²) in [6.45, 7) is 1.95. The molecule has 0 radical (unpaired) electrons. The van der Waals surface area contributed by atoms with Crippen LogP contribution < -0.4 is 10.1 Å². The van der Waals surface area contributed by atoms with Crippen LogP contribution in [0.5, 0.6) is 5.75 Å². The third-order valence-corrected chi connectivity index (χ3v) is 6.32. The fourth-order valence-electron chi connectivity index (χ4n) is 3.87. The Morgan fingerprint density at radius 3 is 1.92 bits per heavy atom. The molecular formula is C28H28Cl2F3NO2. The number of ketones is 1. The fourth-order valence-corrected chi connectivity index (χ4v) is 4.12. The molecule has 0 saturated heterocycles. The minimum absolute atomic E-state index is 0.0488. The van der Waals surface area contributed by atoms with E-state index in [1.54, 1.807) is 24.3 Å². The normalized spacial score (nSPS) is 11.6. The van der Waals surface area contributed by atoms with E-state index in [1.807, 2.05) is 24.3 Å². The van der Waals surface area contributed by atoms with Crippen LogP contribution in [0, 0.1) is 0 Å². The summed E-state index contributed by atoms with van der Waals surface area (Å²) in [6.07, 6.45) is -3.36. The van der Waals surface area contributed by atoms with Crippen LogP contribution in [-0.2, 0) is 11.2 Å². The summed E-state index contributed by atoms with van der Waals surface area (Å²) >= 11 is 12.1. The molecule has 0 aliphatic carbocycles. The predicted molar refractivity (Wildman–Crippen MR) is 138 cm³/mol. The maximum absolute atomic E-state index is 12.3. The smallest absolute Gasteiger partial charge is 0.449 e. The summed E-state index contributed by atoms with van der Waals surface area (Å²) in [5, 5.41) is 4.80. The number of benzene rings is 3. The van der Waals surface area contributed by atoms with E-state index < -0.39 is 18.4 Å². The number of carbonyl (C=O) groups excluding carboxylic acids is 1. The van der Waals surface area contributed by atoms with Gasteiger partial charge in [-0.1, -0.05) is 59.6 Å². The van der Waals surface area contributed by atoms with E-state index in [0.29, 0.717) is 34.5 Å². The Morgan fingerprint density at radius 2 is 1.39 bits per heavy atom. The predicted octanol–water partition coefficient (Wildman–Crippen LogP) is 7.64. The van der Waals surface area contributed by atoms with Crippen LogP contribution in [-0.4, -0.2) is 31.7 Å². The van der Waals surface area contributed by atoms with Crippen LogP contribution in [0.3, 0.4) is 0 Å². The van der Waals surface area contributed by atoms with E-state index >= 15 is 0 Å². The van der Waals surface area contributed by atoms with Crippen LogP contribution in [0.25, 0.3) is 0 Å². The zero-order valence-electron chi connectivity index (χ0n) is 19.7. The van der Waals surface area contributed by atoms with Crippen LogP contribution in [0.2, 0.25) is 10.0 Å². The topological polar surface area (TPSA) is 38.3 Å². The number of nitrogens with one attached hydrogen (secondary N) is 1. The molecule has 0 unspecified atom stereocenters. The van der Waals surface area contributed by atoms with Crippen molar-refractivity contribution < 1.29 is 22.7 Å². The van der Waals surface area contributed by atoms with Crippen molar-refractivity contribution in [1.29, 1.82) is 0 Å². The standard InChI is InChI=1S/C28H28Cl2F3NO2/c29-23-10-6-21(7-11-23)26(22-8-12-24(30)13-9-22)2-1-17-34-18-19-36-25-14-3-20(4-15-25)5-16-27(35)28(31,32)33/h3-4,6-15,26,34H,1-2,5,16-19H2. The molecule has 36 heavy (non-hydrogen) atoms. The summed E-state index contributed by atoms with van der Waals surface area (Å²) in [7, 11) is 0. The highest BCUT2D eigenvalue weighted by Crippen LogP contribution is 2.31.